The van der Waals surface area contributed by atoms with Gasteiger partial charge in [0.25, 0.3) is 6.43 Å². The predicted octanol–water partition coefficient (Wildman–Crippen LogP) is 2.67. The Bertz CT molecular complexity index is 810. The van der Waals surface area contributed by atoms with Crippen molar-refractivity contribution in [1.29, 1.82) is 5.26 Å². The van der Waals surface area contributed by atoms with Crippen LogP contribution in [0.4, 0.5) is 14.5 Å². The smallest absolute Gasteiger partial charge is 0.357 e. The Balaban J connectivity index is 2.64. The second kappa shape index (κ2) is 7.00. The summed E-state index contributed by atoms with van der Waals surface area (Å²) in [6.45, 7) is 0.969. The zero-order valence-corrected chi connectivity index (χ0v) is 13.0. The van der Waals surface area contributed by atoms with Crippen LogP contribution in [0.3, 0.4) is 0 Å². The third kappa shape index (κ3) is 3.30. The van der Waals surface area contributed by atoms with E-state index in [1.54, 1.807) is 25.1 Å². The van der Waals surface area contributed by atoms with Crippen LogP contribution in [0.15, 0.2) is 24.4 Å². The van der Waals surface area contributed by atoms with Crippen LogP contribution in [-0.4, -0.2) is 30.7 Å². The third-order valence-corrected chi connectivity index (χ3v) is 3.28. The van der Waals surface area contributed by atoms with Crippen LogP contribution >= 0.6 is 0 Å². The maximum Gasteiger partial charge on any atom is 0.357 e. The molecule has 0 aliphatic heterocycles. The molecule has 0 saturated heterocycles. The normalized spacial score (nSPS) is 10.5. The number of nitrogens with two attached hydrogens (primary N) is 1. The molecule has 0 aliphatic rings. The van der Waals surface area contributed by atoms with Crippen molar-refractivity contribution < 1.29 is 23.0 Å². The zero-order chi connectivity index (χ0) is 17.9. The number of methoxy groups -OCH3 is 1. The van der Waals surface area contributed by atoms with E-state index in [2.05, 4.69) is 4.74 Å². The van der Waals surface area contributed by atoms with Gasteiger partial charge in [-0.3, -0.25) is 0 Å². The van der Waals surface area contributed by atoms with Gasteiger partial charge in [-0.25, -0.2) is 13.6 Å². The number of ether oxygens (including phenoxy) is 2. The van der Waals surface area contributed by atoms with Crippen LogP contribution in [0.1, 0.15) is 21.6 Å². The largest absolute Gasteiger partial charge is 0.485 e. The summed E-state index contributed by atoms with van der Waals surface area (Å²) < 4.78 is 36.1. The number of alkyl halides is 2. The maximum absolute atomic E-state index is 12.5. The molecule has 0 unspecified atom stereocenters. The quantitative estimate of drug-likeness (QED) is 0.848. The van der Waals surface area contributed by atoms with Gasteiger partial charge in [-0.2, -0.15) is 5.26 Å². The van der Waals surface area contributed by atoms with Gasteiger partial charge >= 0.3 is 5.97 Å². The number of hydrogen-bond donors (Lipinski definition) is 1. The first-order valence-corrected chi connectivity index (χ1v) is 6.90. The molecule has 1 heterocycles. The highest BCUT2D eigenvalue weighted by Gasteiger charge is 2.23. The number of halogens is 2. The molecule has 1 aromatic carbocycles. The molecule has 6 nitrogen and oxygen atoms in total. The van der Waals surface area contributed by atoms with Gasteiger partial charge in [0.15, 0.2) is 5.69 Å². The molecule has 0 atom stereocenters. The van der Waals surface area contributed by atoms with E-state index < -0.39 is 19.0 Å². The summed E-state index contributed by atoms with van der Waals surface area (Å²) in [6.07, 6.45) is -1.32. The van der Waals surface area contributed by atoms with E-state index in [0.717, 1.165) is 5.56 Å². The first kappa shape index (κ1) is 17.3. The maximum atomic E-state index is 12.5. The highest BCUT2D eigenvalue weighted by Crippen LogP contribution is 2.31. The first-order chi connectivity index (χ1) is 11.4. The number of esters is 1. The third-order valence-electron chi connectivity index (χ3n) is 3.28. The summed E-state index contributed by atoms with van der Waals surface area (Å²) in [5.74, 6) is -0.616. The van der Waals surface area contributed by atoms with Crippen molar-refractivity contribution in [2.24, 2.45) is 0 Å². The molecule has 1 aromatic heterocycles. The van der Waals surface area contributed by atoms with Crippen molar-refractivity contribution in [3.63, 3.8) is 0 Å². The highest BCUT2D eigenvalue weighted by atomic mass is 19.3. The average Bonchev–Trinajstić information content (AvgIpc) is 2.88. The Kier molecular flexibility index (Phi) is 5.04. The lowest BCUT2D eigenvalue weighted by Gasteiger charge is -2.15. The molecule has 0 fully saturated rings. The molecular formula is C16H15F2N3O3. The Hall–Kier alpha value is -3.08. The van der Waals surface area contributed by atoms with Gasteiger partial charge in [-0.15, -0.1) is 0 Å². The van der Waals surface area contributed by atoms with Crippen molar-refractivity contribution in [1.82, 2.24) is 4.57 Å². The number of carbonyl (C=O) groups is 1. The molecular weight excluding hydrogens is 320 g/mol. The van der Waals surface area contributed by atoms with Gasteiger partial charge in [0.05, 0.1) is 24.0 Å². The van der Waals surface area contributed by atoms with Gasteiger partial charge in [-0.1, -0.05) is 6.07 Å². The molecule has 0 saturated carbocycles. The minimum Gasteiger partial charge on any atom is -0.485 e. The van der Waals surface area contributed by atoms with E-state index >= 15 is 0 Å². The van der Waals surface area contributed by atoms with E-state index in [0.29, 0.717) is 5.69 Å². The highest BCUT2D eigenvalue weighted by molar-refractivity contribution is 5.96. The van der Waals surface area contributed by atoms with Crippen LogP contribution in [0.25, 0.3) is 5.69 Å². The van der Waals surface area contributed by atoms with E-state index in [9.17, 15) is 13.6 Å². The van der Waals surface area contributed by atoms with E-state index in [-0.39, 0.29) is 22.7 Å². The lowest BCUT2D eigenvalue weighted by Crippen LogP contribution is -2.13. The fourth-order valence-electron chi connectivity index (χ4n) is 2.19. The predicted molar refractivity (Wildman–Crippen MR) is 82.5 cm³/mol. The minimum absolute atomic E-state index is 0.0512. The van der Waals surface area contributed by atoms with Crippen molar-refractivity contribution >= 4 is 11.7 Å². The summed E-state index contributed by atoms with van der Waals surface area (Å²) in [7, 11) is 1.18. The molecule has 0 radical (unpaired) electrons. The molecule has 24 heavy (non-hydrogen) atoms. The molecule has 2 aromatic rings. The number of carbonyl (C=O) groups excluding carboxylic acids is 1. The van der Waals surface area contributed by atoms with E-state index in [1.807, 2.05) is 6.07 Å². The molecule has 126 valence electrons. The number of benzene rings is 1. The molecule has 2 N–H and O–H groups in total. The Morgan fingerprint density at radius 2 is 2.17 bits per heavy atom. The van der Waals surface area contributed by atoms with Gasteiger partial charge < -0.3 is 19.8 Å². The number of aryl methyl sites for hydroxylation is 1. The lowest BCUT2D eigenvalue weighted by molar-refractivity contribution is 0.0592. The van der Waals surface area contributed by atoms with Crippen LogP contribution in [0, 0.1) is 18.3 Å². The Labute approximate surface area is 137 Å². The van der Waals surface area contributed by atoms with Crippen LogP contribution in [0.2, 0.25) is 0 Å². The number of hydrogen-bond acceptors (Lipinski definition) is 5. The van der Waals surface area contributed by atoms with Gasteiger partial charge in [-0.05, 0) is 24.6 Å². The standard InChI is InChI=1S/C16H15F2N3O3/c1-9-3-4-11(12(5-9)24-8-13(17)18)21-7-10(6-19)14(20)15(21)16(22)23-2/h3-5,7,13H,8,20H2,1-2H3. The van der Waals surface area contributed by atoms with Crippen molar-refractivity contribution in [2.45, 2.75) is 13.3 Å². The van der Waals surface area contributed by atoms with Crippen molar-refractivity contribution in [3.05, 3.63) is 41.2 Å². The van der Waals surface area contributed by atoms with Gasteiger partial charge in [0, 0.05) is 6.20 Å². The fourth-order valence-corrected chi connectivity index (χ4v) is 2.19. The van der Waals surface area contributed by atoms with Crippen LogP contribution < -0.4 is 10.5 Å². The monoisotopic (exact) mass is 335 g/mol. The molecule has 8 heteroatoms. The number of nitrogens with zero attached hydrogens (tertiary/aromatic N) is 2. The Morgan fingerprint density at radius 3 is 2.75 bits per heavy atom. The van der Waals surface area contributed by atoms with Crippen molar-refractivity contribution in [2.75, 3.05) is 19.5 Å². The summed E-state index contributed by atoms with van der Waals surface area (Å²) in [4.78, 5) is 12.0. The number of nitriles is 1. The van der Waals surface area contributed by atoms with Gasteiger partial charge in [0.1, 0.15) is 18.4 Å². The second-order valence-electron chi connectivity index (χ2n) is 4.95. The molecule has 2 rings (SSSR count). The summed E-state index contributed by atoms with van der Waals surface area (Å²) in [5, 5.41) is 9.12. The number of aromatic nitrogens is 1. The van der Waals surface area contributed by atoms with E-state index in [1.165, 1.54) is 17.9 Å². The van der Waals surface area contributed by atoms with Crippen molar-refractivity contribution in [3.8, 4) is 17.5 Å². The first-order valence-electron chi connectivity index (χ1n) is 6.90. The molecule has 0 amide bonds. The molecule has 0 bridgehead atoms. The summed E-state index contributed by atoms with van der Waals surface area (Å²) in [6, 6.07) is 6.73. The SMILES string of the molecule is COC(=O)c1c(N)c(C#N)cn1-c1ccc(C)cc1OCC(F)F. The number of anilines is 1. The number of rotatable bonds is 5. The number of nitrogen functional groups attached to an aromatic ring is 1. The van der Waals surface area contributed by atoms with Gasteiger partial charge in [0.2, 0.25) is 0 Å². The summed E-state index contributed by atoms with van der Waals surface area (Å²) in [5.41, 5.74) is 6.85. The second-order valence-corrected chi connectivity index (χ2v) is 4.95. The topological polar surface area (TPSA) is 90.3 Å². The zero-order valence-electron chi connectivity index (χ0n) is 13.0. The summed E-state index contributed by atoms with van der Waals surface area (Å²) >= 11 is 0. The molecule has 0 spiro atoms. The molecule has 0 aliphatic carbocycles. The van der Waals surface area contributed by atoms with Crippen LogP contribution in [-0.2, 0) is 4.74 Å². The van der Waals surface area contributed by atoms with Crippen LogP contribution in [0.5, 0.6) is 5.75 Å². The Morgan fingerprint density at radius 1 is 1.46 bits per heavy atom. The fraction of sp³-hybridized carbons (Fsp3) is 0.250. The average molecular weight is 335 g/mol. The lowest BCUT2D eigenvalue weighted by atomic mass is 10.2. The minimum atomic E-state index is -2.65. The van der Waals surface area contributed by atoms with E-state index in [4.69, 9.17) is 15.7 Å².